The fraction of sp³-hybridized carbons (Fsp3) is 0.231. The number of H-pyrrole nitrogens is 1. The molecule has 0 unspecified atom stereocenters. The van der Waals surface area contributed by atoms with E-state index in [9.17, 15) is 9.59 Å². The summed E-state index contributed by atoms with van der Waals surface area (Å²) in [6.45, 7) is 0.258. The van der Waals surface area contributed by atoms with Crippen LogP contribution in [0.1, 0.15) is 17.2 Å². The zero-order chi connectivity index (χ0) is 15.1. The Labute approximate surface area is 120 Å². The van der Waals surface area contributed by atoms with Crippen LogP contribution < -0.4 is 5.32 Å². The molecule has 0 spiro atoms. The number of ether oxygens (including phenoxy) is 1. The second kappa shape index (κ2) is 7.04. The van der Waals surface area contributed by atoms with Crippen molar-refractivity contribution in [2.45, 2.75) is 19.6 Å². The molecular formula is C13H14N4O4. The third kappa shape index (κ3) is 4.94. The largest absolute Gasteiger partial charge is 0.481 e. The molecule has 0 saturated heterocycles. The van der Waals surface area contributed by atoms with Gasteiger partial charge in [-0.3, -0.25) is 9.89 Å². The van der Waals surface area contributed by atoms with Gasteiger partial charge in [0.2, 0.25) is 0 Å². The minimum absolute atomic E-state index is 0.0836. The second-order valence-corrected chi connectivity index (χ2v) is 4.18. The molecule has 1 aromatic heterocycles. The Bertz CT molecular complexity index is 612. The SMILES string of the molecule is O=C(O)Cc1n[nH]c(CNC(=O)OCc2ccccc2)n1. The third-order valence-corrected chi connectivity index (χ3v) is 2.50. The zero-order valence-electron chi connectivity index (χ0n) is 11.1. The number of nitrogens with zero attached hydrogens (tertiary/aromatic N) is 2. The molecule has 1 aromatic carbocycles. The first kappa shape index (κ1) is 14.5. The summed E-state index contributed by atoms with van der Waals surface area (Å²) >= 11 is 0. The minimum atomic E-state index is -1.02. The van der Waals surface area contributed by atoms with E-state index in [0.717, 1.165) is 5.56 Å². The first-order valence-corrected chi connectivity index (χ1v) is 6.20. The number of carbonyl (C=O) groups excluding carboxylic acids is 1. The van der Waals surface area contributed by atoms with Crippen molar-refractivity contribution in [2.24, 2.45) is 0 Å². The third-order valence-electron chi connectivity index (χ3n) is 2.50. The highest BCUT2D eigenvalue weighted by atomic mass is 16.5. The van der Waals surface area contributed by atoms with Crippen molar-refractivity contribution in [1.82, 2.24) is 20.5 Å². The van der Waals surface area contributed by atoms with Gasteiger partial charge in [-0.15, -0.1) is 0 Å². The fourth-order valence-electron chi connectivity index (χ4n) is 1.56. The average molecular weight is 290 g/mol. The number of aromatic nitrogens is 3. The Morgan fingerprint density at radius 2 is 2.05 bits per heavy atom. The molecule has 0 atom stereocenters. The van der Waals surface area contributed by atoms with Gasteiger partial charge in [-0.2, -0.15) is 5.10 Å². The quantitative estimate of drug-likeness (QED) is 0.726. The van der Waals surface area contributed by atoms with E-state index in [1.54, 1.807) is 0 Å². The summed E-state index contributed by atoms with van der Waals surface area (Å²) in [6, 6.07) is 9.29. The van der Waals surface area contributed by atoms with Crippen molar-refractivity contribution in [3.63, 3.8) is 0 Å². The van der Waals surface area contributed by atoms with E-state index in [1.165, 1.54) is 0 Å². The van der Waals surface area contributed by atoms with Crippen LogP contribution in [-0.2, 0) is 29.1 Å². The fourth-order valence-corrected chi connectivity index (χ4v) is 1.56. The maximum atomic E-state index is 11.5. The molecule has 21 heavy (non-hydrogen) atoms. The second-order valence-electron chi connectivity index (χ2n) is 4.18. The van der Waals surface area contributed by atoms with Gasteiger partial charge < -0.3 is 15.2 Å². The van der Waals surface area contributed by atoms with Crippen LogP contribution in [-0.4, -0.2) is 32.4 Å². The Morgan fingerprint density at radius 1 is 1.29 bits per heavy atom. The Kier molecular flexibility index (Phi) is 4.86. The van der Waals surface area contributed by atoms with Crippen molar-refractivity contribution in [2.75, 3.05) is 0 Å². The van der Waals surface area contributed by atoms with Crippen LogP contribution in [0, 0.1) is 0 Å². The highest BCUT2D eigenvalue weighted by molar-refractivity contribution is 5.69. The Morgan fingerprint density at radius 3 is 2.76 bits per heavy atom. The molecule has 8 nitrogen and oxygen atoms in total. The predicted molar refractivity (Wildman–Crippen MR) is 71.2 cm³/mol. The van der Waals surface area contributed by atoms with E-state index >= 15 is 0 Å². The lowest BCUT2D eigenvalue weighted by molar-refractivity contribution is -0.136. The molecule has 0 fully saturated rings. The van der Waals surface area contributed by atoms with Crippen molar-refractivity contribution < 1.29 is 19.4 Å². The first-order chi connectivity index (χ1) is 10.1. The van der Waals surface area contributed by atoms with E-state index in [2.05, 4.69) is 20.5 Å². The first-order valence-electron chi connectivity index (χ1n) is 6.20. The Hall–Kier alpha value is -2.90. The number of carboxylic acid groups (broad SMARTS) is 1. The van der Waals surface area contributed by atoms with Crippen molar-refractivity contribution in [3.05, 3.63) is 47.5 Å². The van der Waals surface area contributed by atoms with Gasteiger partial charge in [0, 0.05) is 0 Å². The lowest BCUT2D eigenvalue weighted by Crippen LogP contribution is -2.24. The molecule has 8 heteroatoms. The summed E-state index contributed by atoms with van der Waals surface area (Å²) in [4.78, 5) is 25.9. The van der Waals surface area contributed by atoms with E-state index in [-0.39, 0.29) is 25.4 Å². The number of rotatable bonds is 6. The molecule has 0 aliphatic rings. The van der Waals surface area contributed by atoms with E-state index < -0.39 is 12.1 Å². The highest BCUT2D eigenvalue weighted by Gasteiger charge is 2.09. The van der Waals surface area contributed by atoms with Gasteiger partial charge in [0.05, 0.1) is 6.54 Å². The van der Waals surface area contributed by atoms with E-state index in [1.807, 2.05) is 30.3 Å². The lowest BCUT2D eigenvalue weighted by atomic mass is 10.2. The molecule has 2 aromatic rings. The summed E-state index contributed by atoms with van der Waals surface area (Å²) in [5.41, 5.74) is 0.885. The van der Waals surface area contributed by atoms with Crippen LogP contribution >= 0.6 is 0 Å². The van der Waals surface area contributed by atoms with Gasteiger partial charge in [-0.1, -0.05) is 30.3 Å². The molecule has 0 aliphatic carbocycles. The van der Waals surface area contributed by atoms with Crippen LogP contribution in [0.4, 0.5) is 4.79 Å². The van der Waals surface area contributed by atoms with E-state index in [0.29, 0.717) is 5.82 Å². The average Bonchev–Trinajstić information content (AvgIpc) is 2.91. The summed E-state index contributed by atoms with van der Waals surface area (Å²) in [7, 11) is 0. The standard InChI is InChI=1S/C13H14N4O4/c18-12(19)6-10-15-11(17-16-10)7-14-13(20)21-8-9-4-2-1-3-5-9/h1-5H,6-8H2,(H,14,20)(H,18,19)(H,15,16,17). The molecule has 1 heterocycles. The van der Waals surface area contributed by atoms with Crippen molar-refractivity contribution in [1.29, 1.82) is 0 Å². The smallest absolute Gasteiger partial charge is 0.407 e. The highest BCUT2D eigenvalue weighted by Crippen LogP contribution is 2.00. The molecular weight excluding hydrogens is 276 g/mol. The van der Waals surface area contributed by atoms with Gasteiger partial charge in [0.25, 0.3) is 0 Å². The zero-order valence-corrected chi connectivity index (χ0v) is 11.1. The summed E-state index contributed by atoms with van der Waals surface area (Å²) in [5, 5.41) is 17.3. The van der Waals surface area contributed by atoms with Gasteiger partial charge in [-0.05, 0) is 5.56 Å². The van der Waals surface area contributed by atoms with Gasteiger partial charge in [0.15, 0.2) is 5.82 Å². The van der Waals surface area contributed by atoms with Crippen molar-refractivity contribution in [3.8, 4) is 0 Å². The topological polar surface area (TPSA) is 117 Å². The van der Waals surface area contributed by atoms with Crippen LogP contribution in [0.15, 0.2) is 30.3 Å². The molecule has 3 N–H and O–H groups in total. The number of amides is 1. The molecule has 1 amide bonds. The Balaban J connectivity index is 1.73. The predicted octanol–water partition coefficient (Wildman–Crippen LogP) is 0.858. The molecule has 0 bridgehead atoms. The lowest BCUT2D eigenvalue weighted by Gasteiger charge is -2.05. The number of nitrogens with one attached hydrogen (secondary N) is 2. The van der Waals surface area contributed by atoms with Crippen molar-refractivity contribution >= 4 is 12.1 Å². The van der Waals surface area contributed by atoms with Crippen LogP contribution in [0.5, 0.6) is 0 Å². The summed E-state index contributed by atoms with van der Waals surface area (Å²) < 4.78 is 5.01. The van der Waals surface area contributed by atoms with E-state index in [4.69, 9.17) is 9.84 Å². The molecule has 110 valence electrons. The number of aliphatic carboxylic acids is 1. The number of carbonyl (C=O) groups is 2. The van der Waals surface area contributed by atoms with Crippen LogP contribution in [0.3, 0.4) is 0 Å². The maximum absolute atomic E-state index is 11.5. The monoisotopic (exact) mass is 290 g/mol. The van der Waals surface area contributed by atoms with Crippen LogP contribution in [0.25, 0.3) is 0 Å². The van der Waals surface area contributed by atoms with Gasteiger partial charge in [-0.25, -0.2) is 9.78 Å². The normalized spacial score (nSPS) is 10.1. The number of aromatic amines is 1. The van der Waals surface area contributed by atoms with Gasteiger partial charge >= 0.3 is 12.1 Å². The molecule has 0 radical (unpaired) electrons. The minimum Gasteiger partial charge on any atom is -0.481 e. The number of benzene rings is 1. The molecule has 0 saturated carbocycles. The van der Waals surface area contributed by atoms with Crippen LogP contribution in [0.2, 0.25) is 0 Å². The molecule has 2 rings (SSSR count). The summed E-state index contributed by atoms with van der Waals surface area (Å²) in [6.07, 6.45) is -0.857. The number of alkyl carbamates (subject to hydrolysis) is 1. The molecule has 0 aliphatic heterocycles. The number of carboxylic acids is 1. The summed E-state index contributed by atoms with van der Waals surface area (Å²) in [5.74, 6) is -0.490. The van der Waals surface area contributed by atoms with Gasteiger partial charge in [0.1, 0.15) is 18.9 Å². The maximum Gasteiger partial charge on any atom is 0.407 e. The number of hydrogen-bond donors (Lipinski definition) is 3. The number of hydrogen-bond acceptors (Lipinski definition) is 5.